The van der Waals surface area contributed by atoms with E-state index in [1.807, 2.05) is 4.90 Å². The molecule has 1 aliphatic heterocycles. The number of nitrogens with zero attached hydrogens (tertiary/aromatic N) is 1. The monoisotopic (exact) mass is 336 g/mol. The maximum Gasteiger partial charge on any atom is 0.394 e. The number of hydrogen-bond acceptors (Lipinski definition) is 7. The molecule has 12 heteroatoms. The number of aliphatic hydroxyl groups excluding tert-OH is 1. The molecular weight excluding hydrogens is 316 g/mol. The van der Waals surface area contributed by atoms with Crippen LogP contribution in [0.15, 0.2) is 0 Å². The largest absolute Gasteiger partial charge is 0.748 e. The third kappa shape index (κ3) is 14.1. The number of nitrogens with one attached hydrogen (secondary N) is 1. The summed E-state index contributed by atoms with van der Waals surface area (Å²) in [6.07, 6.45) is 0. The summed E-state index contributed by atoms with van der Waals surface area (Å²) in [7, 11) is -8.75. The van der Waals surface area contributed by atoms with Gasteiger partial charge in [0.25, 0.3) is 0 Å². The molecule has 1 saturated heterocycles. The highest BCUT2D eigenvalue weighted by molar-refractivity contribution is 7.85. The van der Waals surface area contributed by atoms with Gasteiger partial charge in [0.1, 0.15) is 6.54 Å². The molecule has 0 unspecified atom stereocenters. The van der Waals surface area contributed by atoms with E-state index < -0.39 is 20.5 Å². The molecule has 0 amide bonds. The first-order chi connectivity index (χ1) is 9.01. The van der Waals surface area contributed by atoms with Crippen LogP contribution in [0.1, 0.15) is 0 Å². The molecule has 1 aliphatic rings. The Morgan fingerprint density at radius 3 is 1.90 bits per heavy atom. The fourth-order valence-corrected chi connectivity index (χ4v) is 2.22. The first kappa shape index (κ1) is 19.7. The smallest absolute Gasteiger partial charge is 0.394 e. The Morgan fingerprint density at radius 1 is 1.10 bits per heavy atom. The zero-order chi connectivity index (χ0) is 15.8. The van der Waals surface area contributed by atoms with Crippen LogP contribution in [0.2, 0.25) is 0 Å². The van der Waals surface area contributed by atoms with Gasteiger partial charge in [-0.15, -0.1) is 0 Å². The van der Waals surface area contributed by atoms with Crippen molar-refractivity contribution in [3.63, 3.8) is 0 Å². The van der Waals surface area contributed by atoms with Gasteiger partial charge in [0, 0.05) is 19.6 Å². The molecule has 0 aromatic heterocycles. The fourth-order valence-electron chi connectivity index (χ4n) is 1.74. The van der Waals surface area contributed by atoms with E-state index in [1.165, 1.54) is 4.90 Å². The summed E-state index contributed by atoms with van der Waals surface area (Å²) in [4.78, 5) is 3.31. The van der Waals surface area contributed by atoms with Gasteiger partial charge < -0.3 is 14.6 Å². The average Bonchev–Trinajstić information content (AvgIpc) is 2.25. The first-order valence-corrected chi connectivity index (χ1v) is 8.79. The second kappa shape index (κ2) is 8.84. The van der Waals surface area contributed by atoms with Crippen LogP contribution in [-0.2, 0) is 20.5 Å². The van der Waals surface area contributed by atoms with E-state index in [0.29, 0.717) is 6.54 Å². The van der Waals surface area contributed by atoms with Crippen molar-refractivity contribution in [2.24, 2.45) is 0 Å². The Morgan fingerprint density at radius 2 is 1.55 bits per heavy atom. The van der Waals surface area contributed by atoms with E-state index in [9.17, 15) is 13.0 Å². The summed E-state index contributed by atoms with van der Waals surface area (Å²) in [6, 6.07) is 0. The van der Waals surface area contributed by atoms with Gasteiger partial charge in [0.15, 0.2) is 0 Å². The van der Waals surface area contributed by atoms with Crippen molar-refractivity contribution in [2.45, 2.75) is 0 Å². The predicted molar refractivity (Wildman–Crippen MR) is 67.8 cm³/mol. The van der Waals surface area contributed by atoms with Crippen LogP contribution in [0.5, 0.6) is 0 Å². The summed E-state index contributed by atoms with van der Waals surface area (Å²) in [5.41, 5.74) is 0. The lowest BCUT2D eigenvalue weighted by molar-refractivity contribution is -0.904. The van der Waals surface area contributed by atoms with E-state index in [1.54, 1.807) is 0 Å². The van der Waals surface area contributed by atoms with Gasteiger partial charge in [-0.3, -0.25) is 14.0 Å². The molecule has 1 heterocycles. The summed E-state index contributed by atoms with van der Waals surface area (Å²) >= 11 is 0. The van der Waals surface area contributed by atoms with Gasteiger partial charge in [-0.25, -0.2) is 8.42 Å². The summed E-state index contributed by atoms with van der Waals surface area (Å²) < 4.78 is 62.8. The highest BCUT2D eigenvalue weighted by Gasteiger charge is 2.19. The van der Waals surface area contributed by atoms with Crippen molar-refractivity contribution >= 4 is 20.5 Å². The van der Waals surface area contributed by atoms with Gasteiger partial charge in [0.2, 0.25) is 0 Å². The molecule has 0 radical (unpaired) electrons. The lowest BCUT2D eigenvalue weighted by Gasteiger charge is -2.31. The Hall–Kier alpha value is -0.340. The molecule has 1 rings (SSSR count). The average molecular weight is 336 g/mol. The van der Waals surface area contributed by atoms with Gasteiger partial charge in [-0.1, -0.05) is 0 Å². The molecule has 0 aromatic rings. The van der Waals surface area contributed by atoms with Crippen molar-refractivity contribution < 1.29 is 40.5 Å². The lowest BCUT2D eigenvalue weighted by atomic mass is 10.3. The minimum atomic E-state index is -4.67. The molecule has 0 atom stereocenters. The topological polar surface area (TPSA) is 160 Å². The lowest BCUT2D eigenvalue weighted by Crippen LogP contribution is -3.15. The zero-order valence-electron chi connectivity index (χ0n) is 10.8. The Bertz CT molecular complexity index is 447. The summed E-state index contributed by atoms with van der Waals surface area (Å²) in [5, 5.41) is 8.74. The first-order valence-electron chi connectivity index (χ1n) is 5.81. The maximum absolute atomic E-state index is 10.4. The second-order valence-corrected chi connectivity index (χ2v) is 6.69. The van der Waals surface area contributed by atoms with Crippen LogP contribution in [0, 0.1) is 0 Å². The van der Waals surface area contributed by atoms with E-state index >= 15 is 0 Å². The van der Waals surface area contributed by atoms with Crippen molar-refractivity contribution in [1.29, 1.82) is 0 Å². The van der Waals surface area contributed by atoms with Crippen LogP contribution in [-0.4, -0.2) is 92.1 Å². The maximum atomic E-state index is 10.4. The molecule has 0 saturated carbocycles. The Kier molecular flexibility index (Phi) is 8.69. The van der Waals surface area contributed by atoms with Crippen LogP contribution in [0.4, 0.5) is 0 Å². The molecule has 4 N–H and O–H groups in total. The number of piperazine rings is 1. The quantitative estimate of drug-likeness (QED) is 0.368. The van der Waals surface area contributed by atoms with E-state index in [4.69, 9.17) is 22.6 Å². The minimum absolute atomic E-state index is 0.185. The molecule has 122 valence electrons. The standard InChI is InChI=1S/C8H18N2O4S.H2O4S/c11-7-5-9-1-3-10(4-2-9)6-8-15(12,13)14;1-5(2,3)4/h11H,1-8H2,(H,12,13,14);(H2,1,2,3,4). The zero-order valence-corrected chi connectivity index (χ0v) is 12.4. The molecular formula is C8H20N2O8S2. The third-order valence-electron chi connectivity index (χ3n) is 2.69. The van der Waals surface area contributed by atoms with Crippen molar-refractivity contribution in [1.82, 2.24) is 4.90 Å². The summed E-state index contributed by atoms with van der Waals surface area (Å²) in [6.45, 7) is 4.66. The highest BCUT2D eigenvalue weighted by Crippen LogP contribution is 1.91. The molecule has 1 fully saturated rings. The predicted octanol–water partition coefficient (Wildman–Crippen LogP) is -3.93. The minimum Gasteiger partial charge on any atom is -0.748 e. The highest BCUT2D eigenvalue weighted by atomic mass is 32.3. The molecule has 0 aromatic carbocycles. The van der Waals surface area contributed by atoms with Gasteiger partial charge in [-0.05, 0) is 0 Å². The van der Waals surface area contributed by atoms with Crippen LogP contribution in [0.3, 0.4) is 0 Å². The van der Waals surface area contributed by atoms with Crippen molar-refractivity contribution in [3.8, 4) is 0 Å². The molecule has 0 aliphatic carbocycles. The SMILES string of the molecule is O=S(=O)(O)O.O=S(=O)([O-])CCN1CC[NH+](CCO)CC1. The van der Waals surface area contributed by atoms with Crippen molar-refractivity contribution in [2.75, 3.05) is 51.6 Å². The van der Waals surface area contributed by atoms with Gasteiger partial charge >= 0.3 is 10.4 Å². The number of rotatable bonds is 5. The van der Waals surface area contributed by atoms with Gasteiger partial charge in [0.05, 0.1) is 35.6 Å². The molecule has 0 spiro atoms. The Balaban J connectivity index is 0.000000621. The molecule has 10 nitrogen and oxygen atoms in total. The number of quaternary nitrogens is 1. The van der Waals surface area contributed by atoms with Gasteiger partial charge in [-0.2, -0.15) is 8.42 Å². The van der Waals surface area contributed by atoms with E-state index in [0.717, 1.165) is 32.7 Å². The van der Waals surface area contributed by atoms with E-state index in [-0.39, 0.29) is 12.4 Å². The van der Waals surface area contributed by atoms with Crippen LogP contribution in [0.25, 0.3) is 0 Å². The van der Waals surface area contributed by atoms with Crippen LogP contribution >= 0.6 is 0 Å². The van der Waals surface area contributed by atoms with E-state index in [2.05, 4.69) is 0 Å². The fraction of sp³-hybridized carbons (Fsp3) is 1.00. The third-order valence-corrected chi connectivity index (χ3v) is 3.37. The van der Waals surface area contributed by atoms with Crippen LogP contribution < -0.4 is 4.90 Å². The van der Waals surface area contributed by atoms with Crippen molar-refractivity contribution in [3.05, 3.63) is 0 Å². The second-order valence-electron chi connectivity index (χ2n) is 4.27. The summed E-state index contributed by atoms with van der Waals surface area (Å²) in [5.74, 6) is -0.303. The molecule has 20 heavy (non-hydrogen) atoms. The Labute approximate surface area is 118 Å². The normalized spacial score (nSPS) is 18.4. The number of aliphatic hydroxyl groups is 1. The number of hydrogen-bond donors (Lipinski definition) is 4. The molecule has 0 bridgehead atoms.